The number of nitrogens with zero attached hydrogens (tertiary/aromatic N) is 3. The number of hydrogen-bond acceptors (Lipinski definition) is 5. The molecule has 1 fully saturated rings. The van der Waals surface area contributed by atoms with Crippen LogP contribution in [0.5, 0.6) is 5.75 Å². The molecule has 1 aromatic rings. The van der Waals surface area contributed by atoms with Crippen LogP contribution in [0, 0.1) is 11.3 Å². The number of rotatable bonds is 6. The minimum absolute atomic E-state index is 0.141. The summed E-state index contributed by atoms with van der Waals surface area (Å²) in [5.74, 6) is 0.406. The zero-order chi connectivity index (χ0) is 15.9. The number of hydrogen-bond donors (Lipinski definition) is 1. The number of ether oxygens (including phenoxy) is 1. The zero-order valence-corrected chi connectivity index (χ0v) is 13.7. The van der Waals surface area contributed by atoms with Crippen molar-refractivity contribution in [3.63, 3.8) is 0 Å². The lowest BCUT2D eigenvalue weighted by Crippen LogP contribution is -2.49. The lowest BCUT2D eigenvalue weighted by molar-refractivity contribution is 0.0484. The fourth-order valence-electron chi connectivity index (χ4n) is 2.38. The molecule has 120 valence electrons. The van der Waals surface area contributed by atoms with Gasteiger partial charge in [0.05, 0.1) is 22.7 Å². The predicted octanol–water partition coefficient (Wildman–Crippen LogP) is 1.87. The standard InChI is InChI=1S/C15H19Cl2N3O2/c16-13-2-1-3-14(17)15(13)22-11-12(21)10-20-8-6-19(5-4-18)7-9-20/h1-3,12,21H,5-11H2. The van der Waals surface area contributed by atoms with Gasteiger partial charge in [0.2, 0.25) is 0 Å². The number of halogens is 2. The van der Waals surface area contributed by atoms with Crippen molar-refractivity contribution < 1.29 is 9.84 Å². The summed E-state index contributed by atoms with van der Waals surface area (Å²) in [6, 6.07) is 7.30. The van der Waals surface area contributed by atoms with Crippen LogP contribution in [0.4, 0.5) is 0 Å². The first kappa shape index (κ1) is 17.3. The minimum atomic E-state index is -0.616. The Bertz CT molecular complexity index is 508. The second-order valence-electron chi connectivity index (χ2n) is 5.25. The number of para-hydroxylation sites is 1. The van der Waals surface area contributed by atoms with Crippen LogP contribution in [-0.4, -0.2) is 66.9 Å². The summed E-state index contributed by atoms with van der Waals surface area (Å²) < 4.78 is 5.54. The van der Waals surface area contributed by atoms with Gasteiger partial charge < -0.3 is 9.84 Å². The Hall–Kier alpha value is -1.03. The van der Waals surface area contributed by atoms with Gasteiger partial charge >= 0.3 is 0 Å². The summed E-state index contributed by atoms with van der Waals surface area (Å²) in [7, 11) is 0. The highest BCUT2D eigenvalue weighted by Crippen LogP contribution is 2.32. The fourth-order valence-corrected chi connectivity index (χ4v) is 2.89. The summed E-state index contributed by atoms with van der Waals surface area (Å²) >= 11 is 12.0. The third kappa shape index (κ3) is 5.01. The predicted molar refractivity (Wildman–Crippen MR) is 86.5 cm³/mol. The Balaban J connectivity index is 1.75. The molecular formula is C15H19Cl2N3O2. The summed E-state index contributed by atoms with van der Waals surface area (Å²) in [5, 5.41) is 19.6. The van der Waals surface area contributed by atoms with Gasteiger partial charge in [0, 0.05) is 32.7 Å². The monoisotopic (exact) mass is 343 g/mol. The molecule has 0 radical (unpaired) electrons. The largest absolute Gasteiger partial charge is 0.488 e. The van der Waals surface area contributed by atoms with Crippen molar-refractivity contribution in [2.45, 2.75) is 6.10 Å². The van der Waals surface area contributed by atoms with Crippen LogP contribution < -0.4 is 4.74 Å². The third-order valence-electron chi connectivity index (χ3n) is 3.57. The highest BCUT2D eigenvalue weighted by atomic mass is 35.5. The first-order valence-corrected chi connectivity index (χ1v) is 7.92. The van der Waals surface area contributed by atoms with E-state index in [0.717, 1.165) is 26.2 Å². The molecule has 1 aromatic carbocycles. The van der Waals surface area contributed by atoms with E-state index >= 15 is 0 Å². The van der Waals surface area contributed by atoms with Crippen LogP contribution in [0.15, 0.2) is 18.2 Å². The van der Waals surface area contributed by atoms with Crippen molar-refractivity contribution in [1.29, 1.82) is 5.26 Å². The van der Waals surface area contributed by atoms with Gasteiger partial charge in [0.25, 0.3) is 0 Å². The van der Waals surface area contributed by atoms with Crippen molar-refractivity contribution in [3.05, 3.63) is 28.2 Å². The van der Waals surface area contributed by atoms with Gasteiger partial charge in [-0.1, -0.05) is 29.3 Å². The molecule has 1 unspecified atom stereocenters. The molecular weight excluding hydrogens is 325 g/mol. The first-order chi connectivity index (χ1) is 10.6. The summed E-state index contributed by atoms with van der Waals surface area (Å²) in [6.07, 6.45) is -0.616. The molecule has 0 aliphatic carbocycles. The average Bonchev–Trinajstić information content (AvgIpc) is 2.49. The molecule has 0 amide bonds. The van der Waals surface area contributed by atoms with Crippen molar-refractivity contribution in [2.24, 2.45) is 0 Å². The molecule has 1 aliphatic rings. The third-order valence-corrected chi connectivity index (χ3v) is 4.16. The van der Waals surface area contributed by atoms with Crippen LogP contribution in [0.3, 0.4) is 0 Å². The van der Waals surface area contributed by atoms with E-state index in [2.05, 4.69) is 15.9 Å². The molecule has 1 saturated heterocycles. The highest BCUT2D eigenvalue weighted by molar-refractivity contribution is 6.37. The van der Waals surface area contributed by atoms with Crippen LogP contribution >= 0.6 is 23.2 Å². The Morgan fingerprint density at radius 3 is 2.36 bits per heavy atom. The minimum Gasteiger partial charge on any atom is -0.488 e. The first-order valence-electron chi connectivity index (χ1n) is 7.16. The van der Waals surface area contributed by atoms with Crippen molar-refractivity contribution in [2.75, 3.05) is 45.9 Å². The molecule has 22 heavy (non-hydrogen) atoms. The maximum Gasteiger partial charge on any atom is 0.156 e. The van der Waals surface area contributed by atoms with E-state index in [4.69, 9.17) is 33.2 Å². The average molecular weight is 344 g/mol. The number of aliphatic hydroxyl groups is 1. The Morgan fingerprint density at radius 1 is 1.18 bits per heavy atom. The lowest BCUT2D eigenvalue weighted by atomic mass is 10.2. The summed E-state index contributed by atoms with van der Waals surface area (Å²) in [6.45, 7) is 4.50. The number of β-amino-alcohol motifs (C(OH)–C–C–N with tert-alkyl or cyclic N) is 1. The molecule has 1 N–H and O–H groups in total. The quantitative estimate of drug-likeness (QED) is 0.799. The smallest absolute Gasteiger partial charge is 0.156 e. The van der Waals surface area contributed by atoms with E-state index in [0.29, 0.717) is 28.9 Å². The van der Waals surface area contributed by atoms with Crippen LogP contribution in [-0.2, 0) is 0 Å². The van der Waals surface area contributed by atoms with Crippen LogP contribution in [0.25, 0.3) is 0 Å². The number of aliphatic hydroxyl groups excluding tert-OH is 1. The van der Waals surface area contributed by atoms with Gasteiger partial charge in [-0.3, -0.25) is 9.80 Å². The van der Waals surface area contributed by atoms with Gasteiger partial charge in [0.1, 0.15) is 12.7 Å². The fraction of sp³-hybridized carbons (Fsp3) is 0.533. The van der Waals surface area contributed by atoms with E-state index in [1.807, 2.05) is 0 Å². The Morgan fingerprint density at radius 2 is 1.77 bits per heavy atom. The normalized spacial score (nSPS) is 17.9. The van der Waals surface area contributed by atoms with Crippen molar-refractivity contribution in [1.82, 2.24) is 9.80 Å². The van der Waals surface area contributed by atoms with E-state index in [1.165, 1.54) is 0 Å². The van der Waals surface area contributed by atoms with Gasteiger partial charge in [-0.05, 0) is 12.1 Å². The second kappa shape index (κ2) is 8.56. The second-order valence-corrected chi connectivity index (χ2v) is 6.06. The molecule has 7 heteroatoms. The molecule has 0 saturated carbocycles. The molecule has 1 heterocycles. The van der Waals surface area contributed by atoms with Gasteiger partial charge in [-0.2, -0.15) is 5.26 Å². The maximum absolute atomic E-state index is 10.1. The van der Waals surface area contributed by atoms with E-state index in [-0.39, 0.29) is 6.61 Å². The Kier molecular flexibility index (Phi) is 6.74. The van der Waals surface area contributed by atoms with Crippen molar-refractivity contribution in [3.8, 4) is 11.8 Å². The van der Waals surface area contributed by atoms with E-state index < -0.39 is 6.10 Å². The molecule has 0 spiro atoms. The van der Waals surface area contributed by atoms with Gasteiger partial charge in [-0.15, -0.1) is 0 Å². The molecule has 0 aromatic heterocycles. The number of piperazine rings is 1. The maximum atomic E-state index is 10.1. The number of benzene rings is 1. The van der Waals surface area contributed by atoms with Crippen LogP contribution in [0.2, 0.25) is 10.0 Å². The molecule has 1 aliphatic heterocycles. The van der Waals surface area contributed by atoms with Gasteiger partial charge in [0.15, 0.2) is 5.75 Å². The zero-order valence-electron chi connectivity index (χ0n) is 12.2. The van der Waals surface area contributed by atoms with E-state index in [1.54, 1.807) is 18.2 Å². The molecule has 2 rings (SSSR count). The summed E-state index contributed by atoms with van der Waals surface area (Å²) in [5.41, 5.74) is 0. The van der Waals surface area contributed by atoms with Crippen molar-refractivity contribution >= 4 is 23.2 Å². The topological polar surface area (TPSA) is 59.7 Å². The van der Waals surface area contributed by atoms with Crippen LogP contribution in [0.1, 0.15) is 0 Å². The van der Waals surface area contributed by atoms with E-state index in [9.17, 15) is 5.11 Å². The SMILES string of the molecule is N#CCN1CCN(CC(O)COc2c(Cl)cccc2Cl)CC1. The summed E-state index contributed by atoms with van der Waals surface area (Å²) in [4.78, 5) is 4.26. The molecule has 5 nitrogen and oxygen atoms in total. The molecule has 0 bridgehead atoms. The molecule has 1 atom stereocenters. The highest BCUT2D eigenvalue weighted by Gasteiger charge is 2.19. The Labute approximate surface area is 140 Å². The number of nitriles is 1. The van der Waals surface area contributed by atoms with Gasteiger partial charge in [-0.25, -0.2) is 0 Å². The lowest BCUT2D eigenvalue weighted by Gasteiger charge is -2.34.